The molecule has 0 aliphatic heterocycles. The Hall–Kier alpha value is -0.730. The number of unbranched alkanes of at least 4 members (excludes halogenated alkanes) is 3. The van der Waals surface area contributed by atoms with Crippen molar-refractivity contribution in [1.29, 1.82) is 0 Å². The van der Waals surface area contributed by atoms with Gasteiger partial charge in [0.15, 0.2) is 0 Å². The van der Waals surface area contributed by atoms with Gasteiger partial charge in [-0.3, -0.25) is 0 Å². The Kier molecular flexibility index (Phi) is 8.86. The van der Waals surface area contributed by atoms with Crippen molar-refractivity contribution in [1.82, 2.24) is 5.32 Å². The van der Waals surface area contributed by atoms with E-state index in [1.165, 1.54) is 25.7 Å². The summed E-state index contributed by atoms with van der Waals surface area (Å²) >= 11 is 0. The number of hydrogen-bond donors (Lipinski definition) is 1. The molecule has 0 aromatic heterocycles. The van der Waals surface area contributed by atoms with E-state index in [4.69, 9.17) is 4.74 Å². The second-order valence-electron chi connectivity index (χ2n) is 5.98. The maximum absolute atomic E-state index is 11.7. The molecule has 108 valence electrons. The summed E-state index contributed by atoms with van der Waals surface area (Å²) in [5, 5.41) is 3.01. The fourth-order valence-corrected chi connectivity index (χ4v) is 1.85. The van der Waals surface area contributed by atoms with Crippen LogP contribution in [0.4, 0.5) is 4.79 Å². The third-order valence-electron chi connectivity index (χ3n) is 2.78. The molecule has 1 atom stereocenters. The lowest BCUT2D eigenvalue weighted by atomic mass is 10.0. The van der Waals surface area contributed by atoms with Gasteiger partial charge in [-0.2, -0.15) is 0 Å². The second-order valence-corrected chi connectivity index (χ2v) is 5.98. The highest BCUT2D eigenvalue weighted by Crippen LogP contribution is 2.12. The Bertz CT molecular complexity index is 221. The third-order valence-corrected chi connectivity index (χ3v) is 2.78. The Morgan fingerprint density at radius 2 is 1.61 bits per heavy atom. The molecular weight excluding hydrogens is 226 g/mol. The van der Waals surface area contributed by atoms with Crippen LogP contribution in [0.15, 0.2) is 0 Å². The Balaban J connectivity index is 4.08. The van der Waals surface area contributed by atoms with Crippen molar-refractivity contribution in [2.24, 2.45) is 0 Å². The lowest BCUT2D eigenvalue weighted by Gasteiger charge is -2.23. The first kappa shape index (κ1) is 17.3. The summed E-state index contributed by atoms with van der Waals surface area (Å²) in [5.41, 5.74) is -0.414. The van der Waals surface area contributed by atoms with Gasteiger partial charge in [0.1, 0.15) is 5.60 Å². The summed E-state index contributed by atoms with van der Waals surface area (Å²) in [6.45, 7) is 10.1. The number of hydrogen-bond acceptors (Lipinski definition) is 2. The topological polar surface area (TPSA) is 38.3 Å². The molecule has 0 aromatic carbocycles. The van der Waals surface area contributed by atoms with Gasteiger partial charge in [0.2, 0.25) is 0 Å². The molecule has 0 unspecified atom stereocenters. The minimum atomic E-state index is -0.414. The first-order chi connectivity index (χ1) is 8.39. The highest BCUT2D eigenvalue weighted by atomic mass is 16.6. The molecule has 0 radical (unpaired) electrons. The van der Waals surface area contributed by atoms with Gasteiger partial charge in [-0.05, 0) is 33.6 Å². The Labute approximate surface area is 113 Å². The van der Waals surface area contributed by atoms with E-state index in [1.807, 2.05) is 20.8 Å². The SMILES string of the molecule is CCCCC[C@@H](CCCC)NC(=O)OC(C)(C)C. The van der Waals surface area contributed by atoms with Crippen LogP contribution in [-0.2, 0) is 4.74 Å². The molecule has 1 N–H and O–H groups in total. The number of nitrogens with one attached hydrogen (secondary N) is 1. The van der Waals surface area contributed by atoms with E-state index in [-0.39, 0.29) is 12.1 Å². The minimum absolute atomic E-state index is 0.270. The number of alkyl carbamates (subject to hydrolysis) is 1. The zero-order chi connectivity index (χ0) is 14.0. The zero-order valence-corrected chi connectivity index (χ0v) is 12.8. The van der Waals surface area contributed by atoms with Gasteiger partial charge in [-0.25, -0.2) is 4.79 Å². The summed E-state index contributed by atoms with van der Waals surface area (Å²) < 4.78 is 5.30. The van der Waals surface area contributed by atoms with Gasteiger partial charge in [-0.15, -0.1) is 0 Å². The number of ether oxygens (including phenoxy) is 1. The largest absolute Gasteiger partial charge is 0.444 e. The average molecular weight is 257 g/mol. The Morgan fingerprint density at radius 1 is 1.06 bits per heavy atom. The highest BCUT2D eigenvalue weighted by Gasteiger charge is 2.18. The fraction of sp³-hybridized carbons (Fsp3) is 0.933. The van der Waals surface area contributed by atoms with Gasteiger partial charge in [-0.1, -0.05) is 46.0 Å². The molecule has 0 saturated heterocycles. The number of amides is 1. The molecule has 0 fully saturated rings. The third kappa shape index (κ3) is 10.4. The van der Waals surface area contributed by atoms with Crippen LogP contribution >= 0.6 is 0 Å². The van der Waals surface area contributed by atoms with Crippen molar-refractivity contribution in [3.63, 3.8) is 0 Å². The van der Waals surface area contributed by atoms with Crippen LogP contribution in [-0.4, -0.2) is 17.7 Å². The van der Waals surface area contributed by atoms with Crippen molar-refractivity contribution in [3.8, 4) is 0 Å². The molecule has 1 amide bonds. The van der Waals surface area contributed by atoms with E-state index in [9.17, 15) is 4.79 Å². The first-order valence-corrected chi connectivity index (χ1v) is 7.38. The van der Waals surface area contributed by atoms with Gasteiger partial charge < -0.3 is 10.1 Å². The van der Waals surface area contributed by atoms with Crippen LogP contribution < -0.4 is 5.32 Å². The van der Waals surface area contributed by atoms with E-state index >= 15 is 0 Å². The first-order valence-electron chi connectivity index (χ1n) is 7.38. The molecule has 0 saturated carbocycles. The molecular formula is C15H31NO2. The van der Waals surface area contributed by atoms with Crippen LogP contribution in [0.25, 0.3) is 0 Å². The van der Waals surface area contributed by atoms with Gasteiger partial charge in [0, 0.05) is 6.04 Å². The Morgan fingerprint density at radius 3 is 2.11 bits per heavy atom. The average Bonchev–Trinajstić information content (AvgIpc) is 2.23. The summed E-state index contributed by atoms with van der Waals surface area (Å²) in [5.74, 6) is 0. The van der Waals surface area contributed by atoms with Crippen LogP contribution in [0.2, 0.25) is 0 Å². The maximum atomic E-state index is 11.7. The van der Waals surface area contributed by atoms with Crippen molar-refractivity contribution < 1.29 is 9.53 Å². The van der Waals surface area contributed by atoms with Crippen LogP contribution in [0, 0.1) is 0 Å². The van der Waals surface area contributed by atoms with E-state index in [0.717, 1.165) is 19.3 Å². The summed E-state index contributed by atoms with van der Waals surface area (Å²) in [6.07, 6.45) is 7.80. The van der Waals surface area contributed by atoms with Gasteiger partial charge in [0.05, 0.1) is 0 Å². The summed E-state index contributed by atoms with van der Waals surface area (Å²) in [7, 11) is 0. The fourth-order valence-electron chi connectivity index (χ4n) is 1.85. The summed E-state index contributed by atoms with van der Waals surface area (Å²) in [6, 6.07) is 0.270. The highest BCUT2D eigenvalue weighted by molar-refractivity contribution is 5.68. The molecule has 3 nitrogen and oxygen atoms in total. The number of rotatable bonds is 8. The zero-order valence-electron chi connectivity index (χ0n) is 12.8. The molecule has 3 heteroatoms. The standard InChI is InChI=1S/C15H31NO2/c1-6-8-10-12-13(11-9-7-2)16-14(17)18-15(3,4)5/h13H,6-12H2,1-5H3,(H,16,17)/t13-/m1/s1. The molecule has 0 aliphatic carbocycles. The lowest BCUT2D eigenvalue weighted by Crippen LogP contribution is -2.39. The molecule has 0 heterocycles. The number of carbonyl (C=O) groups excluding carboxylic acids is 1. The monoisotopic (exact) mass is 257 g/mol. The van der Waals surface area contributed by atoms with Crippen molar-refractivity contribution >= 4 is 6.09 Å². The predicted molar refractivity (Wildman–Crippen MR) is 76.8 cm³/mol. The van der Waals surface area contributed by atoms with Crippen LogP contribution in [0.1, 0.15) is 79.6 Å². The lowest BCUT2D eigenvalue weighted by molar-refractivity contribution is 0.0498. The van der Waals surface area contributed by atoms with E-state index in [1.54, 1.807) is 0 Å². The molecule has 0 rings (SSSR count). The predicted octanol–water partition coefficient (Wildman–Crippen LogP) is 4.65. The van der Waals surface area contributed by atoms with E-state index in [0.29, 0.717) is 0 Å². The van der Waals surface area contributed by atoms with Crippen molar-refractivity contribution in [2.45, 2.75) is 91.2 Å². The molecule has 0 spiro atoms. The summed E-state index contributed by atoms with van der Waals surface area (Å²) in [4.78, 5) is 11.7. The number of carbonyl (C=O) groups is 1. The normalized spacial score (nSPS) is 13.2. The quantitative estimate of drug-likeness (QED) is 0.643. The molecule has 18 heavy (non-hydrogen) atoms. The molecule has 0 aromatic rings. The molecule has 0 bridgehead atoms. The van der Waals surface area contributed by atoms with E-state index in [2.05, 4.69) is 19.2 Å². The minimum Gasteiger partial charge on any atom is -0.444 e. The van der Waals surface area contributed by atoms with Crippen molar-refractivity contribution in [3.05, 3.63) is 0 Å². The van der Waals surface area contributed by atoms with Gasteiger partial charge in [0.25, 0.3) is 0 Å². The second kappa shape index (κ2) is 9.23. The van der Waals surface area contributed by atoms with Crippen LogP contribution in [0.5, 0.6) is 0 Å². The van der Waals surface area contributed by atoms with Crippen LogP contribution in [0.3, 0.4) is 0 Å². The van der Waals surface area contributed by atoms with E-state index < -0.39 is 5.60 Å². The maximum Gasteiger partial charge on any atom is 0.407 e. The van der Waals surface area contributed by atoms with Gasteiger partial charge >= 0.3 is 6.09 Å². The van der Waals surface area contributed by atoms with Crippen molar-refractivity contribution in [2.75, 3.05) is 0 Å². The smallest absolute Gasteiger partial charge is 0.407 e. The molecule has 0 aliphatic rings.